The molecule has 1 heterocycles. The van der Waals surface area contributed by atoms with E-state index in [9.17, 15) is 10.2 Å². The Balaban J connectivity index is 2.23. The Labute approximate surface area is 192 Å². The van der Waals surface area contributed by atoms with E-state index in [1.54, 1.807) is 0 Å². The molecule has 2 aromatic carbocycles. The van der Waals surface area contributed by atoms with Crippen molar-refractivity contribution in [3.63, 3.8) is 0 Å². The minimum Gasteiger partial charge on any atom is -0.491 e. The lowest BCUT2D eigenvalue weighted by molar-refractivity contribution is 0.0742. The fourth-order valence-corrected chi connectivity index (χ4v) is 3.96. The van der Waals surface area contributed by atoms with Crippen molar-refractivity contribution in [2.75, 3.05) is 26.4 Å². The third kappa shape index (κ3) is 5.64. The van der Waals surface area contributed by atoms with Crippen molar-refractivity contribution in [2.24, 2.45) is 0 Å². The van der Waals surface area contributed by atoms with Crippen LogP contribution >= 0.6 is 0 Å². The molecule has 0 aromatic heterocycles. The van der Waals surface area contributed by atoms with Crippen molar-refractivity contribution in [3.8, 4) is 11.5 Å². The topological polar surface area (TPSA) is 68.2 Å². The van der Waals surface area contributed by atoms with Gasteiger partial charge in [-0.25, -0.2) is 0 Å². The summed E-state index contributed by atoms with van der Waals surface area (Å²) in [6, 6.07) is 8.42. The van der Waals surface area contributed by atoms with Gasteiger partial charge in [-0.15, -0.1) is 0 Å². The minimum atomic E-state index is -0.0968. The SMILES string of the molecule is CC(C)(C)c1cc(CO)c2c(c1)Cc1cc(C(C)(C)C)cc(CO)c1OCCOCCO2. The maximum absolute atomic E-state index is 10.1. The van der Waals surface area contributed by atoms with E-state index in [1.807, 2.05) is 12.1 Å². The van der Waals surface area contributed by atoms with Crippen LogP contribution in [0.2, 0.25) is 0 Å². The fourth-order valence-electron chi connectivity index (χ4n) is 3.96. The number of hydrogen-bond donors (Lipinski definition) is 2. The van der Waals surface area contributed by atoms with Gasteiger partial charge in [0.05, 0.1) is 26.4 Å². The quantitative estimate of drug-likeness (QED) is 0.709. The molecule has 2 N–H and O–H groups in total. The van der Waals surface area contributed by atoms with Crippen molar-refractivity contribution in [1.29, 1.82) is 0 Å². The first-order valence-electron chi connectivity index (χ1n) is 11.4. The van der Waals surface area contributed by atoms with Gasteiger partial charge in [-0.05, 0) is 45.2 Å². The summed E-state index contributed by atoms with van der Waals surface area (Å²) in [5.74, 6) is 1.42. The smallest absolute Gasteiger partial charge is 0.128 e. The molecule has 0 amide bonds. The Morgan fingerprint density at radius 3 is 1.41 bits per heavy atom. The Bertz CT molecular complexity index is 859. The number of ether oxygens (including phenoxy) is 3. The molecule has 0 atom stereocenters. The van der Waals surface area contributed by atoms with E-state index < -0.39 is 0 Å². The van der Waals surface area contributed by atoms with Crippen LogP contribution in [-0.2, 0) is 35.2 Å². The molecule has 5 heteroatoms. The van der Waals surface area contributed by atoms with Gasteiger partial charge in [0.15, 0.2) is 0 Å². The molecule has 0 fully saturated rings. The number of benzene rings is 2. The Morgan fingerprint density at radius 2 is 1.06 bits per heavy atom. The second kappa shape index (κ2) is 9.82. The second-order valence-electron chi connectivity index (χ2n) is 10.5. The maximum atomic E-state index is 10.1. The zero-order valence-electron chi connectivity index (χ0n) is 20.4. The average molecular weight is 443 g/mol. The van der Waals surface area contributed by atoms with Crippen LogP contribution in [-0.4, -0.2) is 36.6 Å². The van der Waals surface area contributed by atoms with Crippen LogP contribution < -0.4 is 9.47 Å². The Morgan fingerprint density at radius 1 is 0.656 bits per heavy atom. The average Bonchev–Trinajstić information content (AvgIpc) is 2.71. The van der Waals surface area contributed by atoms with Crippen molar-refractivity contribution in [3.05, 3.63) is 57.6 Å². The molecule has 2 aromatic rings. The van der Waals surface area contributed by atoms with Gasteiger partial charge in [-0.2, -0.15) is 0 Å². The monoisotopic (exact) mass is 442 g/mol. The number of aliphatic hydroxyl groups excluding tert-OH is 2. The summed E-state index contributed by atoms with van der Waals surface area (Å²) in [4.78, 5) is 0. The summed E-state index contributed by atoms with van der Waals surface area (Å²) in [5.41, 5.74) is 5.70. The van der Waals surface area contributed by atoms with Crippen LogP contribution in [0.4, 0.5) is 0 Å². The number of fused-ring (bicyclic) bond motifs is 2. The summed E-state index contributed by atoms with van der Waals surface area (Å²) >= 11 is 0. The third-order valence-electron chi connectivity index (χ3n) is 5.89. The molecule has 0 saturated heterocycles. The standard InChI is InChI=1S/C27H38O5/c1-26(2,3)22-12-18-11-19-13-23(27(4,5)6)15-21(17-29)25(19)32-10-8-30-7-9-31-24(18)20(14-22)16-28/h12-15,28-29H,7-11,16-17H2,1-6H3. The van der Waals surface area contributed by atoms with Gasteiger partial charge in [0, 0.05) is 17.5 Å². The number of aliphatic hydroxyl groups is 2. The van der Waals surface area contributed by atoms with Gasteiger partial charge in [0.1, 0.15) is 24.7 Å². The highest BCUT2D eigenvalue weighted by atomic mass is 16.5. The molecule has 0 unspecified atom stereocenters. The van der Waals surface area contributed by atoms with Crippen LogP contribution in [0.5, 0.6) is 11.5 Å². The van der Waals surface area contributed by atoms with Crippen LogP contribution in [0.15, 0.2) is 24.3 Å². The molecule has 5 nitrogen and oxygen atoms in total. The predicted octanol–water partition coefficient (Wildman–Crippen LogP) is 4.64. The molecular weight excluding hydrogens is 404 g/mol. The summed E-state index contributed by atoms with van der Waals surface area (Å²) in [5, 5.41) is 20.3. The summed E-state index contributed by atoms with van der Waals surface area (Å²) in [7, 11) is 0. The lowest BCUT2D eigenvalue weighted by Crippen LogP contribution is -2.18. The van der Waals surface area contributed by atoms with Gasteiger partial charge in [-0.1, -0.05) is 53.7 Å². The molecule has 1 aliphatic rings. The van der Waals surface area contributed by atoms with E-state index in [-0.39, 0.29) is 24.0 Å². The summed E-state index contributed by atoms with van der Waals surface area (Å²) in [6.45, 7) is 14.5. The van der Waals surface area contributed by atoms with Crippen LogP contribution in [0.25, 0.3) is 0 Å². The van der Waals surface area contributed by atoms with Gasteiger partial charge >= 0.3 is 0 Å². The van der Waals surface area contributed by atoms with Crippen LogP contribution in [0, 0.1) is 0 Å². The minimum absolute atomic E-state index is 0.0748. The van der Waals surface area contributed by atoms with Crippen LogP contribution in [0.3, 0.4) is 0 Å². The van der Waals surface area contributed by atoms with E-state index in [0.717, 1.165) is 33.4 Å². The van der Waals surface area contributed by atoms with Crippen molar-refractivity contribution >= 4 is 0 Å². The van der Waals surface area contributed by atoms with Gasteiger partial charge in [0.2, 0.25) is 0 Å². The number of hydrogen-bond acceptors (Lipinski definition) is 5. The van der Waals surface area contributed by atoms with E-state index in [1.165, 1.54) is 0 Å². The summed E-state index contributed by atoms with van der Waals surface area (Å²) < 4.78 is 18.0. The lowest BCUT2D eigenvalue weighted by atomic mass is 9.82. The zero-order valence-corrected chi connectivity index (χ0v) is 20.4. The molecule has 0 bridgehead atoms. The van der Waals surface area contributed by atoms with E-state index in [0.29, 0.717) is 44.3 Å². The van der Waals surface area contributed by atoms with Crippen molar-refractivity contribution in [2.45, 2.75) is 72.0 Å². The molecule has 1 aliphatic heterocycles. The van der Waals surface area contributed by atoms with Crippen LogP contribution in [0.1, 0.15) is 74.9 Å². The highest BCUT2D eigenvalue weighted by Gasteiger charge is 2.24. The summed E-state index contributed by atoms with van der Waals surface area (Å²) in [6.07, 6.45) is 0.583. The lowest BCUT2D eigenvalue weighted by Gasteiger charge is -2.26. The van der Waals surface area contributed by atoms with Crippen molar-refractivity contribution < 1.29 is 24.4 Å². The van der Waals surface area contributed by atoms with E-state index >= 15 is 0 Å². The third-order valence-corrected chi connectivity index (χ3v) is 5.89. The van der Waals surface area contributed by atoms with Gasteiger partial charge in [0.25, 0.3) is 0 Å². The Kier molecular flexibility index (Phi) is 7.53. The van der Waals surface area contributed by atoms with E-state index in [4.69, 9.17) is 14.2 Å². The molecule has 0 spiro atoms. The predicted molar refractivity (Wildman–Crippen MR) is 127 cm³/mol. The van der Waals surface area contributed by atoms with Crippen molar-refractivity contribution in [1.82, 2.24) is 0 Å². The first kappa shape index (κ1) is 24.6. The second-order valence-corrected chi connectivity index (χ2v) is 10.5. The highest BCUT2D eigenvalue weighted by Crippen LogP contribution is 2.38. The molecule has 0 saturated carbocycles. The fraction of sp³-hybridized carbons (Fsp3) is 0.556. The molecule has 3 rings (SSSR count). The van der Waals surface area contributed by atoms with Gasteiger partial charge in [-0.3, -0.25) is 0 Å². The maximum Gasteiger partial charge on any atom is 0.128 e. The molecule has 0 radical (unpaired) electrons. The zero-order chi connectivity index (χ0) is 23.5. The van der Waals surface area contributed by atoms with Gasteiger partial charge < -0.3 is 24.4 Å². The first-order valence-corrected chi connectivity index (χ1v) is 11.4. The molecular formula is C27H38O5. The normalized spacial score (nSPS) is 15.5. The highest BCUT2D eigenvalue weighted by molar-refractivity contribution is 5.53. The largest absolute Gasteiger partial charge is 0.491 e. The Hall–Kier alpha value is -2.08. The first-order chi connectivity index (χ1) is 15.0. The van der Waals surface area contributed by atoms with E-state index in [2.05, 4.69) is 53.7 Å². The molecule has 32 heavy (non-hydrogen) atoms. The molecule has 176 valence electrons. The number of rotatable bonds is 2. The molecule has 0 aliphatic carbocycles.